The number of ether oxygens (including phenoxy) is 2. The monoisotopic (exact) mass is 638 g/mol. The number of methoxy groups -OCH3 is 1. The molecule has 0 aliphatic carbocycles. The van der Waals surface area contributed by atoms with Gasteiger partial charge in [-0.25, -0.2) is 9.48 Å². The summed E-state index contributed by atoms with van der Waals surface area (Å²) in [6, 6.07) is 13.8. The van der Waals surface area contributed by atoms with Crippen LogP contribution in [0.5, 0.6) is 0 Å². The fraction of sp³-hybridized carbons (Fsp3) is 0.394. The average Bonchev–Trinajstić information content (AvgIpc) is 3.40. The van der Waals surface area contributed by atoms with Gasteiger partial charge >= 0.3 is 11.9 Å². The first-order valence-corrected chi connectivity index (χ1v) is 15.3. The second kappa shape index (κ2) is 13.2. The highest BCUT2D eigenvalue weighted by Gasteiger charge is 2.41. The van der Waals surface area contributed by atoms with Gasteiger partial charge < -0.3 is 19.9 Å². The van der Waals surface area contributed by atoms with E-state index in [4.69, 9.17) is 32.7 Å². The molecular formula is C33H36Cl2N4O5. The highest BCUT2D eigenvalue weighted by atomic mass is 35.5. The van der Waals surface area contributed by atoms with Crippen LogP contribution in [0.2, 0.25) is 10.0 Å². The molecule has 0 bridgehead atoms. The predicted octanol–water partition coefficient (Wildman–Crippen LogP) is 6.33. The van der Waals surface area contributed by atoms with Crippen LogP contribution in [0.3, 0.4) is 0 Å². The molecule has 1 aliphatic rings. The van der Waals surface area contributed by atoms with Crippen LogP contribution in [0.4, 0.5) is 0 Å². The number of hydrogen-bond donors (Lipinski definition) is 2. The summed E-state index contributed by atoms with van der Waals surface area (Å²) in [4.78, 5) is 24.4. The Hall–Kier alpha value is -3.50. The third-order valence-corrected chi connectivity index (χ3v) is 9.02. The number of carbonyl (C=O) groups excluding carboxylic acids is 1. The predicted molar refractivity (Wildman–Crippen MR) is 169 cm³/mol. The number of esters is 1. The minimum atomic E-state index is -1.17. The number of aromatic nitrogens is 3. The molecule has 4 aromatic rings. The van der Waals surface area contributed by atoms with Crippen molar-refractivity contribution in [1.29, 1.82) is 0 Å². The first-order valence-electron chi connectivity index (χ1n) is 14.6. The van der Waals surface area contributed by atoms with Gasteiger partial charge in [0.1, 0.15) is 5.52 Å². The van der Waals surface area contributed by atoms with Gasteiger partial charge in [-0.1, -0.05) is 52.7 Å². The summed E-state index contributed by atoms with van der Waals surface area (Å²) in [7, 11) is 1.43. The Labute approximate surface area is 266 Å². The Morgan fingerprint density at radius 2 is 1.86 bits per heavy atom. The molecule has 0 amide bonds. The Morgan fingerprint density at radius 1 is 1.11 bits per heavy atom. The van der Waals surface area contributed by atoms with Crippen LogP contribution in [0.15, 0.2) is 42.5 Å². The van der Waals surface area contributed by atoms with Gasteiger partial charge in [0.25, 0.3) is 0 Å². The van der Waals surface area contributed by atoms with E-state index in [0.29, 0.717) is 25.1 Å². The molecule has 1 aliphatic heterocycles. The molecule has 11 heteroatoms. The number of halogens is 2. The minimum Gasteiger partial charge on any atom is -0.478 e. The lowest BCUT2D eigenvalue weighted by molar-refractivity contribution is -0.151. The van der Waals surface area contributed by atoms with E-state index in [1.165, 1.54) is 18.2 Å². The summed E-state index contributed by atoms with van der Waals surface area (Å²) in [5.41, 5.74) is 7.08. The van der Waals surface area contributed by atoms with Gasteiger partial charge in [-0.2, -0.15) is 0 Å². The third kappa shape index (κ3) is 6.33. The maximum Gasteiger partial charge on any atom is 0.338 e. The highest BCUT2D eigenvalue weighted by molar-refractivity contribution is 6.39. The largest absolute Gasteiger partial charge is 0.478 e. The van der Waals surface area contributed by atoms with Gasteiger partial charge in [0.15, 0.2) is 0 Å². The third-order valence-electron chi connectivity index (χ3n) is 8.42. The maximum absolute atomic E-state index is 13.1. The number of carbonyl (C=O) groups is 2. The standard InChI is InChI=1S/C33H36Cl2N4O5/c1-19-24(29(33(2,3)32(42)43-4)22-7-6-21-10-11-36-17-23(21)16-22)8-9-27-30(19)37-38-39(27)12-5-13-44-18-20-14-25(34)28(31(40)41)26(35)15-20/h6-9,14-16,29,36H,5,10-13,17-18H2,1-4H3,(H,40,41). The van der Waals surface area contributed by atoms with Crippen molar-refractivity contribution in [3.63, 3.8) is 0 Å². The van der Waals surface area contributed by atoms with Crippen LogP contribution in [0.25, 0.3) is 11.0 Å². The molecule has 5 rings (SSSR count). The summed E-state index contributed by atoms with van der Waals surface area (Å²) in [6.07, 6.45) is 1.66. The molecule has 2 heterocycles. The van der Waals surface area contributed by atoms with Crippen molar-refractivity contribution in [3.05, 3.63) is 91.5 Å². The fourth-order valence-corrected chi connectivity index (χ4v) is 6.82. The molecular weight excluding hydrogens is 603 g/mol. The normalized spacial score (nSPS) is 14.0. The average molecular weight is 640 g/mol. The number of fused-ring (bicyclic) bond motifs is 2. The van der Waals surface area contributed by atoms with Gasteiger partial charge in [-0.3, -0.25) is 4.79 Å². The zero-order valence-electron chi connectivity index (χ0n) is 25.2. The van der Waals surface area contributed by atoms with E-state index in [-0.39, 0.29) is 34.1 Å². The van der Waals surface area contributed by atoms with E-state index >= 15 is 0 Å². The number of nitrogens with zero attached hydrogens (tertiary/aromatic N) is 3. The van der Waals surface area contributed by atoms with Gasteiger partial charge in [-0.05, 0) is 91.7 Å². The van der Waals surface area contributed by atoms with E-state index in [1.807, 2.05) is 31.5 Å². The van der Waals surface area contributed by atoms with Crippen molar-refractivity contribution >= 4 is 46.2 Å². The molecule has 44 heavy (non-hydrogen) atoms. The van der Waals surface area contributed by atoms with Crippen LogP contribution in [-0.2, 0) is 40.4 Å². The van der Waals surface area contributed by atoms with Crippen molar-refractivity contribution in [2.45, 2.75) is 59.2 Å². The van der Waals surface area contributed by atoms with E-state index in [2.05, 4.69) is 39.9 Å². The Kier molecular flexibility index (Phi) is 9.60. The number of nitrogens with one attached hydrogen (secondary N) is 1. The lowest BCUT2D eigenvalue weighted by Gasteiger charge is -2.34. The highest BCUT2D eigenvalue weighted by Crippen LogP contribution is 2.44. The molecule has 0 radical (unpaired) electrons. The lowest BCUT2D eigenvalue weighted by Crippen LogP contribution is -2.34. The molecule has 2 N–H and O–H groups in total. The number of carboxylic acids is 1. The number of benzene rings is 3. The van der Waals surface area contributed by atoms with Crippen LogP contribution >= 0.6 is 23.2 Å². The van der Waals surface area contributed by atoms with E-state index in [9.17, 15) is 14.7 Å². The smallest absolute Gasteiger partial charge is 0.338 e. The summed E-state index contributed by atoms with van der Waals surface area (Å²) in [5, 5.41) is 21.8. The summed E-state index contributed by atoms with van der Waals surface area (Å²) in [5.74, 6) is -1.70. The molecule has 3 aromatic carbocycles. The van der Waals surface area contributed by atoms with E-state index in [1.54, 1.807) is 12.1 Å². The molecule has 1 unspecified atom stereocenters. The molecule has 0 saturated heterocycles. The van der Waals surface area contributed by atoms with Gasteiger partial charge in [0, 0.05) is 25.6 Å². The van der Waals surface area contributed by atoms with Crippen molar-refractivity contribution in [1.82, 2.24) is 20.3 Å². The summed E-state index contributed by atoms with van der Waals surface area (Å²) < 4.78 is 12.9. The number of aromatic carboxylic acids is 1. The summed E-state index contributed by atoms with van der Waals surface area (Å²) in [6.45, 7) is 8.95. The van der Waals surface area contributed by atoms with Gasteiger partial charge in [-0.15, -0.1) is 5.10 Å². The number of aryl methyl sites for hydroxylation is 2. The first kappa shape index (κ1) is 31.9. The van der Waals surface area contributed by atoms with Gasteiger partial charge in [0.05, 0.1) is 40.3 Å². The van der Waals surface area contributed by atoms with Gasteiger partial charge in [0.2, 0.25) is 0 Å². The first-order chi connectivity index (χ1) is 21.0. The molecule has 0 saturated carbocycles. The van der Waals surface area contributed by atoms with Crippen LogP contribution in [0.1, 0.15) is 69.9 Å². The minimum absolute atomic E-state index is 0.0771. The fourth-order valence-electron chi connectivity index (χ4n) is 6.13. The molecule has 0 spiro atoms. The zero-order valence-corrected chi connectivity index (χ0v) is 26.8. The van der Waals surface area contributed by atoms with Crippen LogP contribution < -0.4 is 5.32 Å². The Bertz CT molecular complexity index is 1700. The summed E-state index contributed by atoms with van der Waals surface area (Å²) >= 11 is 12.2. The number of carboxylic acid groups (broad SMARTS) is 1. The molecule has 232 valence electrons. The molecule has 9 nitrogen and oxygen atoms in total. The van der Waals surface area contributed by atoms with E-state index < -0.39 is 11.4 Å². The SMILES string of the molecule is COC(=O)C(C)(C)C(c1ccc2c(c1)CNCC2)c1ccc2c(nnn2CCCOCc2cc(Cl)c(C(=O)O)c(Cl)c2)c1C. The maximum atomic E-state index is 13.1. The molecule has 1 aromatic heterocycles. The topological polar surface area (TPSA) is 116 Å². The zero-order chi connectivity index (χ0) is 31.6. The molecule has 0 fully saturated rings. The second-order valence-corrected chi connectivity index (χ2v) is 12.5. The number of rotatable bonds is 11. The number of hydrogen-bond acceptors (Lipinski definition) is 7. The molecule has 1 atom stereocenters. The second-order valence-electron chi connectivity index (χ2n) is 11.7. The Balaban J connectivity index is 1.34. The van der Waals surface area contributed by atoms with Crippen LogP contribution in [0, 0.1) is 12.3 Å². The van der Waals surface area contributed by atoms with Crippen molar-refractivity contribution in [2.24, 2.45) is 5.41 Å². The van der Waals surface area contributed by atoms with Crippen molar-refractivity contribution in [3.8, 4) is 0 Å². The quantitative estimate of drug-likeness (QED) is 0.145. The Morgan fingerprint density at radius 3 is 2.57 bits per heavy atom. The van der Waals surface area contributed by atoms with E-state index in [0.717, 1.165) is 47.2 Å². The lowest BCUT2D eigenvalue weighted by atomic mass is 9.69. The van der Waals surface area contributed by atoms with Crippen LogP contribution in [-0.4, -0.2) is 52.3 Å². The van der Waals surface area contributed by atoms with Crippen molar-refractivity contribution < 1.29 is 24.2 Å². The van der Waals surface area contributed by atoms with Crippen molar-refractivity contribution in [2.75, 3.05) is 20.3 Å².